The van der Waals surface area contributed by atoms with Gasteiger partial charge in [-0.2, -0.15) is 0 Å². The average Bonchev–Trinajstić information content (AvgIpc) is 2.72. The number of carbonyl (C=O) groups excluding carboxylic acids is 1. The SMILES string of the molecule is COc1ccc(CCc2cccc(OC)c2C(=O)N2CCOCC2)cc1. The predicted octanol–water partition coefficient (Wildman–Crippen LogP) is 2.96. The van der Waals surface area contributed by atoms with Crippen molar-refractivity contribution in [2.45, 2.75) is 12.8 Å². The highest BCUT2D eigenvalue weighted by molar-refractivity contribution is 5.98. The monoisotopic (exact) mass is 355 g/mol. The van der Waals surface area contributed by atoms with Crippen molar-refractivity contribution in [3.05, 3.63) is 59.2 Å². The molecule has 1 aliphatic heterocycles. The highest BCUT2D eigenvalue weighted by Gasteiger charge is 2.24. The standard InChI is InChI=1S/C21H25NO4/c1-24-18-10-7-16(8-11-18)6-9-17-4-3-5-19(25-2)20(17)21(23)22-12-14-26-15-13-22/h3-5,7-8,10-11H,6,9,12-15H2,1-2H3. The van der Waals surface area contributed by atoms with Crippen LogP contribution in [0.5, 0.6) is 11.5 Å². The molecule has 26 heavy (non-hydrogen) atoms. The third kappa shape index (κ3) is 4.17. The second-order valence-electron chi connectivity index (χ2n) is 6.25. The smallest absolute Gasteiger partial charge is 0.258 e. The third-order valence-corrected chi connectivity index (χ3v) is 4.69. The number of nitrogens with zero attached hydrogens (tertiary/aromatic N) is 1. The van der Waals surface area contributed by atoms with E-state index in [2.05, 4.69) is 12.1 Å². The topological polar surface area (TPSA) is 48.0 Å². The lowest BCUT2D eigenvalue weighted by Crippen LogP contribution is -2.41. The number of amides is 1. The maximum absolute atomic E-state index is 13.1. The zero-order valence-electron chi connectivity index (χ0n) is 15.4. The zero-order valence-corrected chi connectivity index (χ0v) is 15.4. The Morgan fingerprint density at radius 2 is 1.73 bits per heavy atom. The maximum Gasteiger partial charge on any atom is 0.258 e. The van der Waals surface area contributed by atoms with Gasteiger partial charge in [-0.05, 0) is 42.2 Å². The fourth-order valence-electron chi connectivity index (χ4n) is 3.19. The molecular weight excluding hydrogens is 330 g/mol. The quantitative estimate of drug-likeness (QED) is 0.799. The number of hydrogen-bond acceptors (Lipinski definition) is 4. The molecule has 0 bridgehead atoms. The molecule has 0 aliphatic carbocycles. The average molecular weight is 355 g/mol. The Kier molecular flexibility index (Phi) is 6.12. The molecule has 1 amide bonds. The Bertz CT molecular complexity index is 736. The van der Waals surface area contributed by atoms with Gasteiger partial charge in [0.1, 0.15) is 11.5 Å². The number of benzene rings is 2. The van der Waals surface area contributed by atoms with Crippen LogP contribution in [-0.4, -0.2) is 51.3 Å². The van der Waals surface area contributed by atoms with Gasteiger partial charge in [0, 0.05) is 13.1 Å². The summed E-state index contributed by atoms with van der Waals surface area (Å²) in [7, 11) is 3.27. The molecular formula is C21H25NO4. The number of rotatable bonds is 6. The molecule has 1 fully saturated rings. The third-order valence-electron chi connectivity index (χ3n) is 4.69. The predicted molar refractivity (Wildman–Crippen MR) is 100 cm³/mol. The summed E-state index contributed by atoms with van der Waals surface area (Å²) in [4.78, 5) is 14.9. The van der Waals surface area contributed by atoms with E-state index in [-0.39, 0.29) is 5.91 Å². The van der Waals surface area contributed by atoms with E-state index >= 15 is 0 Å². The van der Waals surface area contributed by atoms with Crippen molar-refractivity contribution in [2.75, 3.05) is 40.5 Å². The Balaban J connectivity index is 1.80. The molecule has 0 unspecified atom stereocenters. The van der Waals surface area contributed by atoms with Crippen LogP contribution in [0.1, 0.15) is 21.5 Å². The molecule has 5 heteroatoms. The summed E-state index contributed by atoms with van der Waals surface area (Å²) in [6.45, 7) is 2.41. The Morgan fingerprint density at radius 1 is 1.00 bits per heavy atom. The first kappa shape index (κ1) is 18.3. The van der Waals surface area contributed by atoms with Crippen molar-refractivity contribution >= 4 is 5.91 Å². The summed E-state index contributed by atoms with van der Waals surface area (Å²) in [5.74, 6) is 1.50. The number of ether oxygens (including phenoxy) is 3. The van der Waals surface area contributed by atoms with Gasteiger partial charge in [0.25, 0.3) is 5.91 Å². The van der Waals surface area contributed by atoms with Crippen molar-refractivity contribution in [2.24, 2.45) is 0 Å². The fraction of sp³-hybridized carbons (Fsp3) is 0.381. The summed E-state index contributed by atoms with van der Waals surface area (Å²) in [6, 6.07) is 13.8. The number of morpholine rings is 1. The van der Waals surface area contributed by atoms with E-state index in [1.54, 1.807) is 14.2 Å². The van der Waals surface area contributed by atoms with Crippen LogP contribution in [0, 0.1) is 0 Å². The van der Waals surface area contributed by atoms with Crippen LogP contribution in [-0.2, 0) is 17.6 Å². The van der Waals surface area contributed by atoms with Gasteiger partial charge in [-0.15, -0.1) is 0 Å². The molecule has 0 radical (unpaired) electrons. The Hall–Kier alpha value is -2.53. The molecule has 1 heterocycles. The second-order valence-corrected chi connectivity index (χ2v) is 6.25. The van der Waals surface area contributed by atoms with Gasteiger partial charge in [-0.1, -0.05) is 24.3 Å². The molecule has 2 aromatic rings. The van der Waals surface area contributed by atoms with Gasteiger partial charge in [0.05, 0.1) is 33.0 Å². The van der Waals surface area contributed by atoms with Crippen LogP contribution >= 0.6 is 0 Å². The lowest BCUT2D eigenvalue weighted by Gasteiger charge is -2.28. The molecule has 0 saturated carbocycles. The molecule has 1 aliphatic rings. The number of carbonyl (C=O) groups is 1. The van der Waals surface area contributed by atoms with Crippen molar-refractivity contribution < 1.29 is 19.0 Å². The highest BCUT2D eigenvalue weighted by atomic mass is 16.5. The van der Waals surface area contributed by atoms with E-state index < -0.39 is 0 Å². The van der Waals surface area contributed by atoms with Crippen LogP contribution in [0.15, 0.2) is 42.5 Å². The van der Waals surface area contributed by atoms with E-state index in [4.69, 9.17) is 14.2 Å². The lowest BCUT2D eigenvalue weighted by molar-refractivity contribution is 0.0300. The Morgan fingerprint density at radius 3 is 2.38 bits per heavy atom. The van der Waals surface area contributed by atoms with Crippen LogP contribution in [0.4, 0.5) is 0 Å². The number of aryl methyl sites for hydroxylation is 2. The molecule has 0 atom stereocenters. The largest absolute Gasteiger partial charge is 0.497 e. The van der Waals surface area contributed by atoms with Gasteiger partial charge in [0.15, 0.2) is 0 Å². The number of methoxy groups -OCH3 is 2. The normalized spacial score (nSPS) is 14.2. The highest BCUT2D eigenvalue weighted by Crippen LogP contribution is 2.26. The van der Waals surface area contributed by atoms with Gasteiger partial charge >= 0.3 is 0 Å². The van der Waals surface area contributed by atoms with E-state index in [9.17, 15) is 4.79 Å². The summed E-state index contributed by atoms with van der Waals surface area (Å²) >= 11 is 0. The number of hydrogen-bond donors (Lipinski definition) is 0. The van der Waals surface area contributed by atoms with Crippen molar-refractivity contribution in [3.63, 3.8) is 0 Å². The van der Waals surface area contributed by atoms with E-state index in [1.807, 2.05) is 35.2 Å². The molecule has 1 saturated heterocycles. The van der Waals surface area contributed by atoms with Gasteiger partial charge < -0.3 is 19.1 Å². The molecule has 5 nitrogen and oxygen atoms in total. The first-order valence-corrected chi connectivity index (χ1v) is 8.88. The first-order valence-electron chi connectivity index (χ1n) is 8.88. The van der Waals surface area contributed by atoms with Gasteiger partial charge in [-0.25, -0.2) is 0 Å². The fourth-order valence-corrected chi connectivity index (χ4v) is 3.19. The lowest BCUT2D eigenvalue weighted by atomic mass is 9.98. The molecule has 0 N–H and O–H groups in total. The van der Waals surface area contributed by atoms with E-state index in [1.165, 1.54) is 5.56 Å². The minimum Gasteiger partial charge on any atom is -0.497 e. The van der Waals surface area contributed by atoms with Gasteiger partial charge in [0.2, 0.25) is 0 Å². The summed E-state index contributed by atoms with van der Waals surface area (Å²) in [6.07, 6.45) is 1.62. The van der Waals surface area contributed by atoms with E-state index in [0.29, 0.717) is 37.6 Å². The second kappa shape index (κ2) is 8.72. The van der Waals surface area contributed by atoms with Crippen LogP contribution in [0.2, 0.25) is 0 Å². The van der Waals surface area contributed by atoms with Gasteiger partial charge in [-0.3, -0.25) is 4.79 Å². The molecule has 0 aromatic heterocycles. The molecule has 3 rings (SSSR count). The first-order chi connectivity index (χ1) is 12.7. The zero-order chi connectivity index (χ0) is 18.4. The van der Waals surface area contributed by atoms with Crippen molar-refractivity contribution in [1.29, 1.82) is 0 Å². The van der Waals surface area contributed by atoms with E-state index in [0.717, 1.165) is 24.2 Å². The molecule has 0 spiro atoms. The summed E-state index contributed by atoms with van der Waals surface area (Å²) in [5.41, 5.74) is 2.89. The summed E-state index contributed by atoms with van der Waals surface area (Å²) in [5, 5.41) is 0. The minimum atomic E-state index is 0.0236. The molecule has 2 aromatic carbocycles. The molecule has 138 valence electrons. The minimum absolute atomic E-state index is 0.0236. The summed E-state index contributed by atoms with van der Waals surface area (Å²) < 4.78 is 16.0. The van der Waals surface area contributed by atoms with Crippen molar-refractivity contribution in [3.8, 4) is 11.5 Å². The van der Waals surface area contributed by atoms with Crippen molar-refractivity contribution in [1.82, 2.24) is 4.90 Å². The van der Waals surface area contributed by atoms with Crippen LogP contribution in [0.3, 0.4) is 0 Å². The maximum atomic E-state index is 13.1. The van der Waals surface area contributed by atoms with Crippen LogP contribution < -0.4 is 9.47 Å². The van der Waals surface area contributed by atoms with Crippen LogP contribution in [0.25, 0.3) is 0 Å². The Labute approximate surface area is 154 Å².